The Labute approximate surface area is 223 Å². The first-order chi connectivity index (χ1) is 17.5. The van der Waals surface area contributed by atoms with Gasteiger partial charge in [-0.2, -0.15) is 8.42 Å². The molecule has 11 heteroatoms. The molecule has 1 aliphatic heterocycles. The lowest BCUT2D eigenvalue weighted by molar-refractivity contribution is -0.123. The van der Waals surface area contributed by atoms with Crippen molar-refractivity contribution in [3.05, 3.63) is 93.3 Å². The van der Waals surface area contributed by atoms with E-state index in [1.54, 1.807) is 0 Å². The number of nitrogens with one attached hydrogen (secondary N) is 1. The minimum absolute atomic E-state index is 0.00586. The van der Waals surface area contributed by atoms with Gasteiger partial charge < -0.3 is 9.50 Å². The third kappa shape index (κ3) is 6.22. The monoisotopic (exact) mass is 556 g/mol. The van der Waals surface area contributed by atoms with E-state index in [1.807, 2.05) is 31.2 Å². The first-order valence-corrected chi connectivity index (χ1v) is 13.6. The molecule has 4 rings (SSSR count). The van der Waals surface area contributed by atoms with Gasteiger partial charge in [0.1, 0.15) is 4.90 Å². The van der Waals surface area contributed by atoms with Gasteiger partial charge in [0.15, 0.2) is 5.75 Å². The molecule has 3 aromatic rings. The molecule has 0 radical (unpaired) electrons. The van der Waals surface area contributed by atoms with E-state index in [4.69, 9.17) is 15.8 Å². The Kier molecular flexibility index (Phi) is 7.72. The van der Waals surface area contributed by atoms with Gasteiger partial charge in [-0.15, -0.1) is 0 Å². The summed E-state index contributed by atoms with van der Waals surface area (Å²) in [5.74, 6) is -0.799. The number of halogens is 1. The number of thioether (sulfide) groups is 1. The summed E-state index contributed by atoms with van der Waals surface area (Å²) in [7, 11) is -4.20. The van der Waals surface area contributed by atoms with Crippen LogP contribution in [0.1, 0.15) is 23.6 Å². The second kappa shape index (κ2) is 10.8. The number of carbonyl (C=O) groups is 3. The molecule has 1 saturated heterocycles. The fourth-order valence-electron chi connectivity index (χ4n) is 3.49. The normalized spacial score (nSPS) is 14.8. The van der Waals surface area contributed by atoms with Crippen LogP contribution in [-0.4, -0.2) is 30.4 Å². The molecule has 8 nitrogen and oxygen atoms in total. The standard InChI is InChI=1S/C26H21ClN2O6S2/c1-16-5-3-4-6-19(16)15-29-25(31)24(36-26(29)32)14-18-7-12-23(22(27)13-18)35-37(33,34)21-10-8-20(9-11-21)28-17(2)30/h3-14H,15H2,1-2H3,(H,28,30)/b24-14-. The lowest BCUT2D eigenvalue weighted by atomic mass is 10.1. The van der Waals surface area contributed by atoms with Gasteiger partial charge in [-0.3, -0.25) is 19.3 Å². The van der Waals surface area contributed by atoms with Crippen LogP contribution in [0, 0.1) is 6.92 Å². The third-order valence-corrected chi connectivity index (χ3v) is 7.83. The van der Waals surface area contributed by atoms with E-state index < -0.39 is 16.0 Å². The van der Waals surface area contributed by atoms with Crippen molar-refractivity contribution >= 4 is 62.3 Å². The molecule has 0 aromatic heterocycles. The van der Waals surface area contributed by atoms with Crippen molar-refractivity contribution in [2.75, 3.05) is 5.32 Å². The van der Waals surface area contributed by atoms with E-state index in [9.17, 15) is 22.8 Å². The zero-order chi connectivity index (χ0) is 26.7. The molecule has 0 atom stereocenters. The second-order valence-corrected chi connectivity index (χ2v) is 11.1. The van der Waals surface area contributed by atoms with Crippen LogP contribution in [0.2, 0.25) is 5.02 Å². The van der Waals surface area contributed by atoms with E-state index in [-0.39, 0.29) is 38.3 Å². The largest absolute Gasteiger partial charge is 0.377 e. The lowest BCUT2D eigenvalue weighted by Crippen LogP contribution is -2.27. The summed E-state index contributed by atoms with van der Waals surface area (Å²) in [4.78, 5) is 37.8. The van der Waals surface area contributed by atoms with Crippen molar-refractivity contribution in [3.8, 4) is 5.75 Å². The molecule has 37 heavy (non-hydrogen) atoms. The van der Waals surface area contributed by atoms with Crippen molar-refractivity contribution in [2.24, 2.45) is 0 Å². The van der Waals surface area contributed by atoms with E-state index in [0.717, 1.165) is 22.9 Å². The van der Waals surface area contributed by atoms with Crippen molar-refractivity contribution < 1.29 is 27.0 Å². The molecule has 190 valence electrons. The Morgan fingerprint density at radius 3 is 2.43 bits per heavy atom. The summed E-state index contributed by atoms with van der Waals surface area (Å²) >= 11 is 7.10. The number of imide groups is 1. The van der Waals surface area contributed by atoms with Crippen molar-refractivity contribution in [3.63, 3.8) is 0 Å². The van der Waals surface area contributed by atoms with Gasteiger partial charge in [-0.25, -0.2) is 0 Å². The molecular formula is C26H21ClN2O6S2. The van der Waals surface area contributed by atoms with Gasteiger partial charge in [-0.05, 0) is 77.9 Å². The Hall–Kier alpha value is -3.60. The number of hydrogen-bond donors (Lipinski definition) is 1. The van der Waals surface area contributed by atoms with Crippen LogP contribution in [0.3, 0.4) is 0 Å². The Balaban J connectivity index is 1.49. The van der Waals surface area contributed by atoms with Gasteiger partial charge in [0.2, 0.25) is 5.91 Å². The minimum atomic E-state index is -4.20. The highest BCUT2D eigenvalue weighted by Crippen LogP contribution is 2.35. The first-order valence-electron chi connectivity index (χ1n) is 10.9. The van der Waals surface area contributed by atoms with E-state index >= 15 is 0 Å². The fourth-order valence-corrected chi connectivity index (χ4v) is 5.55. The first kappa shape index (κ1) is 26.5. The number of amides is 3. The summed E-state index contributed by atoms with van der Waals surface area (Å²) in [6, 6.07) is 17.4. The number of benzene rings is 3. The Morgan fingerprint density at radius 2 is 1.78 bits per heavy atom. The predicted octanol–water partition coefficient (Wildman–Crippen LogP) is 5.61. The second-order valence-electron chi connectivity index (χ2n) is 8.13. The molecular weight excluding hydrogens is 536 g/mol. The molecule has 1 N–H and O–H groups in total. The quantitative estimate of drug-likeness (QED) is 0.297. The molecule has 0 aliphatic carbocycles. The summed E-state index contributed by atoms with van der Waals surface area (Å²) in [6.45, 7) is 3.43. The molecule has 1 aliphatic rings. The van der Waals surface area contributed by atoms with Gasteiger partial charge >= 0.3 is 10.1 Å². The number of rotatable bonds is 7. The molecule has 1 fully saturated rings. The van der Waals surface area contributed by atoms with E-state index in [0.29, 0.717) is 11.3 Å². The minimum Gasteiger partial charge on any atom is -0.377 e. The summed E-state index contributed by atoms with van der Waals surface area (Å²) in [5, 5.41) is 2.18. The number of hydrogen-bond acceptors (Lipinski definition) is 7. The number of nitrogens with zero attached hydrogens (tertiary/aromatic N) is 1. The average molecular weight is 557 g/mol. The molecule has 0 bridgehead atoms. The van der Waals surface area contributed by atoms with Crippen LogP contribution in [0.5, 0.6) is 5.75 Å². The van der Waals surface area contributed by atoms with E-state index in [1.165, 1.54) is 60.4 Å². The van der Waals surface area contributed by atoms with Gasteiger partial charge in [-0.1, -0.05) is 41.9 Å². The Morgan fingerprint density at radius 1 is 1.08 bits per heavy atom. The van der Waals surface area contributed by atoms with Crippen LogP contribution < -0.4 is 9.50 Å². The maximum Gasteiger partial charge on any atom is 0.339 e. The van der Waals surface area contributed by atoms with Crippen LogP contribution in [0.25, 0.3) is 6.08 Å². The smallest absolute Gasteiger partial charge is 0.339 e. The summed E-state index contributed by atoms with van der Waals surface area (Å²) < 4.78 is 30.5. The van der Waals surface area contributed by atoms with Gasteiger partial charge in [0.25, 0.3) is 11.1 Å². The summed E-state index contributed by atoms with van der Waals surface area (Å²) in [6.07, 6.45) is 1.52. The molecule has 1 heterocycles. The maximum atomic E-state index is 12.9. The SMILES string of the molecule is CC(=O)Nc1ccc(S(=O)(=O)Oc2ccc(/C=C3\SC(=O)N(Cc4ccccc4C)C3=O)cc2Cl)cc1. The molecule has 3 aromatic carbocycles. The highest BCUT2D eigenvalue weighted by atomic mass is 35.5. The van der Waals surface area contributed by atoms with Crippen LogP contribution in [-0.2, 0) is 26.3 Å². The Bertz CT molecular complexity index is 1530. The maximum absolute atomic E-state index is 12.9. The number of carbonyl (C=O) groups excluding carboxylic acids is 3. The third-order valence-electron chi connectivity index (χ3n) is 5.38. The molecule has 0 saturated carbocycles. The number of aryl methyl sites for hydroxylation is 1. The molecule has 0 spiro atoms. The highest BCUT2D eigenvalue weighted by molar-refractivity contribution is 8.18. The zero-order valence-corrected chi connectivity index (χ0v) is 22.1. The lowest BCUT2D eigenvalue weighted by Gasteiger charge is -2.14. The van der Waals surface area contributed by atoms with Crippen molar-refractivity contribution in [2.45, 2.75) is 25.3 Å². The highest BCUT2D eigenvalue weighted by Gasteiger charge is 2.35. The molecule has 0 unspecified atom stereocenters. The topological polar surface area (TPSA) is 110 Å². The molecule has 3 amide bonds. The van der Waals surface area contributed by atoms with Gasteiger partial charge in [0.05, 0.1) is 16.5 Å². The van der Waals surface area contributed by atoms with E-state index in [2.05, 4.69) is 5.32 Å². The van der Waals surface area contributed by atoms with Crippen molar-refractivity contribution in [1.82, 2.24) is 4.90 Å². The van der Waals surface area contributed by atoms with Gasteiger partial charge in [0, 0.05) is 12.6 Å². The van der Waals surface area contributed by atoms with Crippen LogP contribution in [0.4, 0.5) is 10.5 Å². The van der Waals surface area contributed by atoms with Crippen LogP contribution >= 0.6 is 23.4 Å². The number of anilines is 1. The van der Waals surface area contributed by atoms with Crippen molar-refractivity contribution in [1.29, 1.82) is 0 Å². The predicted molar refractivity (Wildman–Crippen MR) is 143 cm³/mol. The zero-order valence-electron chi connectivity index (χ0n) is 19.7. The summed E-state index contributed by atoms with van der Waals surface area (Å²) in [5.41, 5.74) is 2.79. The van der Waals surface area contributed by atoms with Crippen LogP contribution in [0.15, 0.2) is 76.5 Å². The fraction of sp³-hybridized carbons (Fsp3) is 0.115. The average Bonchev–Trinajstić information content (AvgIpc) is 3.09.